The molecule has 0 bridgehead atoms. The highest BCUT2D eigenvalue weighted by atomic mass is 32.2. The Hall–Kier alpha value is -1.62. The van der Waals surface area contributed by atoms with Gasteiger partial charge >= 0.3 is 0 Å². The summed E-state index contributed by atoms with van der Waals surface area (Å²) in [5, 5.41) is 0. The SMILES string of the molecule is CS(=O)(=O)Cc1ncoc1-c1ccccc1. The maximum Gasteiger partial charge on any atom is 0.181 e. The van der Waals surface area contributed by atoms with Crippen molar-refractivity contribution in [2.45, 2.75) is 5.75 Å². The molecule has 4 nitrogen and oxygen atoms in total. The predicted molar refractivity (Wildman–Crippen MR) is 60.5 cm³/mol. The molecule has 0 radical (unpaired) electrons. The zero-order valence-corrected chi connectivity index (χ0v) is 9.57. The van der Waals surface area contributed by atoms with Crippen LogP contribution in [0.25, 0.3) is 11.3 Å². The van der Waals surface area contributed by atoms with Crippen molar-refractivity contribution < 1.29 is 12.8 Å². The normalized spacial score (nSPS) is 11.6. The molecule has 1 aromatic heterocycles. The van der Waals surface area contributed by atoms with Gasteiger partial charge in [0.2, 0.25) is 0 Å². The number of aromatic nitrogens is 1. The van der Waals surface area contributed by atoms with Crippen molar-refractivity contribution >= 4 is 9.84 Å². The first-order valence-corrected chi connectivity index (χ1v) is 6.78. The average Bonchev–Trinajstić information content (AvgIpc) is 2.64. The van der Waals surface area contributed by atoms with E-state index in [1.807, 2.05) is 30.3 Å². The summed E-state index contributed by atoms with van der Waals surface area (Å²) in [6.07, 6.45) is 2.44. The van der Waals surface area contributed by atoms with Gasteiger partial charge in [-0.1, -0.05) is 30.3 Å². The Morgan fingerprint density at radius 2 is 1.94 bits per heavy atom. The molecule has 0 fully saturated rings. The molecular formula is C11H11NO3S. The fraction of sp³-hybridized carbons (Fsp3) is 0.182. The molecule has 0 saturated carbocycles. The number of rotatable bonds is 3. The molecule has 0 aliphatic heterocycles. The second kappa shape index (κ2) is 4.09. The number of benzene rings is 1. The summed E-state index contributed by atoms with van der Waals surface area (Å²) >= 11 is 0. The fourth-order valence-electron chi connectivity index (χ4n) is 1.44. The lowest BCUT2D eigenvalue weighted by Gasteiger charge is -1.99. The molecule has 84 valence electrons. The van der Waals surface area contributed by atoms with E-state index in [2.05, 4.69) is 4.98 Å². The van der Waals surface area contributed by atoms with E-state index in [1.165, 1.54) is 12.6 Å². The minimum atomic E-state index is -3.10. The van der Waals surface area contributed by atoms with E-state index in [0.29, 0.717) is 11.5 Å². The van der Waals surface area contributed by atoms with Crippen molar-refractivity contribution in [1.82, 2.24) is 4.98 Å². The van der Waals surface area contributed by atoms with Gasteiger partial charge in [-0.25, -0.2) is 13.4 Å². The highest BCUT2D eigenvalue weighted by molar-refractivity contribution is 7.89. The van der Waals surface area contributed by atoms with E-state index in [1.54, 1.807) is 0 Å². The highest BCUT2D eigenvalue weighted by Gasteiger charge is 2.15. The van der Waals surface area contributed by atoms with Gasteiger partial charge in [-0.15, -0.1) is 0 Å². The molecule has 1 heterocycles. The molecule has 0 atom stereocenters. The minimum Gasteiger partial charge on any atom is -0.443 e. The molecule has 5 heteroatoms. The van der Waals surface area contributed by atoms with E-state index in [4.69, 9.17) is 4.42 Å². The van der Waals surface area contributed by atoms with E-state index in [9.17, 15) is 8.42 Å². The van der Waals surface area contributed by atoms with E-state index in [-0.39, 0.29) is 5.75 Å². The molecule has 0 amide bonds. The Morgan fingerprint density at radius 3 is 2.56 bits per heavy atom. The van der Waals surface area contributed by atoms with Gasteiger partial charge in [-0.3, -0.25) is 0 Å². The molecule has 16 heavy (non-hydrogen) atoms. The van der Waals surface area contributed by atoms with Crippen molar-refractivity contribution in [3.05, 3.63) is 42.4 Å². The number of nitrogens with zero attached hydrogens (tertiary/aromatic N) is 1. The molecule has 0 unspecified atom stereocenters. The zero-order valence-electron chi connectivity index (χ0n) is 8.75. The molecule has 0 saturated heterocycles. The fourth-order valence-corrected chi connectivity index (χ4v) is 2.15. The molecule has 0 aliphatic rings. The van der Waals surface area contributed by atoms with Crippen LogP contribution in [-0.4, -0.2) is 19.7 Å². The summed E-state index contributed by atoms with van der Waals surface area (Å²) in [7, 11) is -3.10. The maximum atomic E-state index is 11.2. The predicted octanol–water partition coefficient (Wildman–Crippen LogP) is 1.89. The van der Waals surface area contributed by atoms with Gasteiger partial charge in [0.25, 0.3) is 0 Å². The van der Waals surface area contributed by atoms with Gasteiger partial charge in [-0.2, -0.15) is 0 Å². The Labute approximate surface area is 93.9 Å². The average molecular weight is 237 g/mol. The summed E-state index contributed by atoms with van der Waals surface area (Å²) in [6.45, 7) is 0. The van der Waals surface area contributed by atoms with E-state index >= 15 is 0 Å². The summed E-state index contributed by atoms with van der Waals surface area (Å²) in [5.74, 6) is 0.416. The monoisotopic (exact) mass is 237 g/mol. The molecule has 1 aromatic carbocycles. The van der Waals surface area contributed by atoms with Crippen LogP contribution in [0.1, 0.15) is 5.69 Å². The van der Waals surface area contributed by atoms with Gasteiger partial charge < -0.3 is 4.42 Å². The number of sulfone groups is 1. The lowest BCUT2D eigenvalue weighted by atomic mass is 10.1. The first kappa shape index (κ1) is 10.9. The van der Waals surface area contributed by atoms with Crippen LogP contribution in [-0.2, 0) is 15.6 Å². The summed E-state index contributed by atoms with van der Waals surface area (Å²) in [6, 6.07) is 9.32. The topological polar surface area (TPSA) is 60.2 Å². The third kappa shape index (κ3) is 2.49. The molecule has 2 aromatic rings. The van der Waals surface area contributed by atoms with Crippen molar-refractivity contribution in [3.8, 4) is 11.3 Å². The largest absolute Gasteiger partial charge is 0.443 e. The van der Waals surface area contributed by atoms with Crippen LogP contribution in [0.4, 0.5) is 0 Å². The van der Waals surface area contributed by atoms with Crippen LogP contribution in [0.2, 0.25) is 0 Å². The van der Waals surface area contributed by atoms with E-state index < -0.39 is 9.84 Å². The summed E-state index contributed by atoms with van der Waals surface area (Å²) in [4.78, 5) is 3.93. The van der Waals surface area contributed by atoms with Crippen LogP contribution in [0.15, 0.2) is 41.1 Å². The quantitative estimate of drug-likeness (QED) is 0.817. The number of oxazole rings is 1. The Morgan fingerprint density at radius 1 is 1.25 bits per heavy atom. The Kier molecular flexibility index (Phi) is 2.78. The maximum absolute atomic E-state index is 11.2. The first-order chi connectivity index (χ1) is 7.56. The van der Waals surface area contributed by atoms with Crippen LogP contribution < -0.4 is 0 Å². The Balaban J connectivity index is 2.41. The van der Waals surface area contributed by atoms with Gasteiger partial charge in [0.15, 0.2) is 22.0 Å². The molecule has 0 N–H and O–H groups in total. The molecular weight excluding hydrogens is 226 g/mol. The third-order valence-corrected chi connectivity index (χ3v) is 2.87. The summed E-state index contributed by atoms with van der Waals surface area (Å²) in [5.41, 5.74) is 1.28. The number of hydrogen-bond acceptors (Lipinski definition) is 4. The summed E-state index contributed by atoms with van der Waals surface area (Å²) < 4.78 is 27.6. The first-order valence-electron chi connectivity index (χ1n) is 4.72. The zero-order chi connectivity index (χ0) is 11.6. The van der Waals surface area contributed by atoms with Crippen molar-refractivity contribution in [2.75, 3.05) is 6.26 Å². The molecule has 2 rings (SSSR count). The highest BCUT2D eigenvalue weighted by Crippen LogP contribution is 2.23. The van der Waals surface area contributed by atoms with Crippen LogP contribution in [0, 0.1) is 0 Å². The van der Waals surface area contributed by atoms with Gasteiger partial charge in [0.1, 0.15) is 5.69 Å². The van der Waals surface area contributed by atoms with Gasteiger partial charge in [-0.05, 0) is 0 Å². The lowest BCUT2D eigenvalue weighted by Crippen LogP contribution is -2.02. The second-order valence-corrected chi connectivity index (χ2v) is 5.70. The van der Waals surface area contributed by atoms with Crippen LogP contribution in [0.3, 0.4) is 0 Å². The smallest absolute Gasteiger partial charge is 0.181 e. The molecule has 0 aliphatic carbocycles. The van der Waals surface area contributed by atoms with E-state index in [0.717, 1.165) is 5.56 Å². The standard InChI is InChI=1S/C11H11NO3S/c1-16(13,14)7-10-11(15-8-12-10)9-5-3-2-4-6-9/h2-6,8H,7H2,1H3. The second-order valence-electron chi connectivity index (χ2n) is 3.56. The Bertz CT molecular complexity index is 572. The van der Waals surface area contributed by atoms with Crippen molar-refractivity contribution in [3.63, 3.8) is 0 Å². The van der Waals surface area contributed by atoms with Crippen LogP contribution in [0.5, 0.6) is 0 Å². The molecule has 0 spiro atoms. The van der Waals surface area contributed by atoms with Crippen molar-refractivity contribution in [2.24, 2.45) is 0 Å². The van der Waals surface area contributed by atoms with Crippen molar-refractivity contribution in [1.29, 1.82) is 0 Å². The van der Waals surface area contributed by atoms with Crippen LogP contribution >= 0.6 is 0 Å². The minimum absolute atomic E-state index is 0.103. The van der Waals surface area contributed by atoms with Gasteiger partial charge in [0, 0.05) is 11.8 Å². The lowest BCUT2D eigenvalue weighted by molar-refractivity contribution is 0.570. The number of hydrogen-bond donors (Lipinski definition) is 0. The van der Waals surface area contributed by atoms with Gasteiger partial charge in [0.05, 0.1) is 5.75 Å². The third-order valence-electron chi connectivity index (χ3n) is 2.08.